The monoisotopic (exact) mass is 775 g/mol. The van der Waals surface area contributed by atoms with Crippen LogP contribution >= 0.6 is 11.6 Å². The number of benzene rings is 6. The fourth-order valence-electron chi connectivity index (χ4n) is 7.19. The van der Waals surface area contributed by atoms with Gasteiger partial charge in [0.1, 0.15) is 8.80 Å². The highest BCUT2D eigenvalue weighted by Crippen LogP contribution is 2.47. The lowest BCUT2D eigenvalue weighted by atomic mass is 9.86. The summed E-state index contributed by atoms with van der Waals surface area (Å²) < 4.78 is 0. The van der Waals surface area contributed by atoms with Crippen molar-refractivity contribution in [2.24, 2.45) is 0 Å². The molecule has 0 bridgehead atoms. The molecule has 289 valence electrons. The van der Waals surface area contributed by atoms with E-state index < -0.39 is 8.80 Å². The highest BCUT2D eigenvalue weighted by atomic mass is 35.5. The zero-order valence-corrected chi connectivity index (χ0v) is 37.4. The second-order valence-corrected chi connectivity index (χ2v) is 21.4. The van der Waals surface area contributed by atoms with E-state index in [-0.39, 0.29) is 16.2 Å². The van der Waals surface area contributed by atoms with E-state index >= 15 is 0 Å². The maximum Gasteiger partial charge on any atom is 0.118 e. The van der Waals surface area contributed by atoms with Crippen LogP contribution in [0.2, 0.25) is 11.6 Å². The third-order valence-electron chi connectivity index (χ3n) is 10.9. The molecule has 0 fully saturated rings. The first kappa shape index (κ1) is 41.1. The molecular weight excluding hydrogens is 716 g/mol. The summed E-state index contributed by atoms with van der Waals surface area (Å²) >= 11 is 7.94. The fraction of sp³-hybridized carbons (Fsp3) is 0.308. The highest BCUT2D eigenvalue weighted by Gasteiger charge is 2.27. The molecule has 0 unspecified atom stereocenters. The van der Waals surface area contributed by atoms with Crippen LogP contribution in [0.5, 0.6) is 0 Å². The molecule has 0 aromatic heterocycles. The predicted octanol–water partition coefficient (Wildman–Crippen LogP) is 14.5. The average molecular weight is 777 g/mol. The molecule has 0 spiro atoms. The van der Waals surface area contributed by atoms with Crippen molar-refractivity contribution in [3.8, 4) is 0 Å². The standard InChI is InChI=1S/C52H60ClN2Si/c1-36(2)37-18-26-41(27-19-37)54(42-28-20-38(21-29-42)50(3,4)5)47-34-46(56(12)45-16-14-13-15-17-45)35-48(49(47)53)55(43-30-22-39(23-31-43)51(6,7)8)44-32-24-40(25-33-44)52(9,10)11/h13-36H,1-12H3. The van der Waals surface area contributed by atoms with Gasteiger partial charge in [-0.3, -0.25) is 0 Å². The molecule has 6 aromatic carbocycles. The molecule has 0 amide bonds. The molecular formula is C52H60ClN2Si. The second-order valence-electron chi connectivity index (χ2n) is 18.6. The average Bonchev–Trinajstić information content (AvgIpc) is 3.16. The molecule has 0 saturated heterocycles. The summed E-state index contributed by atoms with van der Waals surface area (Å²) in [6, 6.07) is 51.8. The van der Waals surface area contributed by atoms with Gasteiger partial charge in [-0.15, -0.1) is 0 Å². The van der Waals surface area contributed by atoms with E-state index in [1.54, 1.807) is 0 Å². The first-order valence-corrected chi connectivity index (χ1v) is 22.5. The van der Waals surface area contributed by atoms with E-state index in [9.17, 15) is 0 Å². The van der Waals surface area contributed by atoms with Crippen LogP contribution in [0.1, 0.15) is 104 Å². The zero-order chi connectivity index (χ0) is 40.6. The van der Waals surface area contributed by atoms with E-state index in [1.807, 2.05) is 0 Å². The summed E-state index contributed by atoms with van der Waals surface area (Å²) in [5.74, 6) is 0.432. The van der Waals surface area contributed by atoms with Gasteiger partial charge in [0.2, 0.25) is 0 Å². The maximum atomic E-state index is 7.94. The van der Waals surface area contributed by atoms with Gasteiger partial charge < -0.3 is 9.80 Å². The topological polar surface area (TPSA) is 6.48 Å². The van der Waals surface area contributed by atoms with E-state index in [2.05, 4.69) is 232 Å². The van der Waals surface area contributed by atoms with Crippen molar-refractivity contribution in [2.45, 2.75) is 105 Å². The van der Waals surface area contributed by atoms with Gasteiger partial charge in [0, 0.05) is 22.7 Å². The quantitative estimate of drug-likeness (QED) is 0.135. The van der Waals surface area contributed by atoms with Gasteiger partial charge in [-0.1, -0.05) is 184 Å². The minimum atomic E-state index is -1.20. The van der Waals surface area contributed by atoms with Crippen LogP contribution in [0.15, 0.2) is 140 Å². The van der Waals surface area contributed by atoms with Crippen LogP contribution in [0.4, 0.5) is 34.1 Å². The minimum absolute atomic E-state index is 0.0336. The Balaban J connectivity index is 1.66. The first-order valence-electron chi connectivity index (χ1n) is 20.1. The molecule has 0 saturated carbocycles. The number of hydrogen-bond acceptors (Lipinski definition) is 2. The molecule has 0 aliphatic carbocycles. The summed E-state index contributed by atoms with van der Waals surface area (Å²) in [5, 5.41) is 3.34. The normalized spacial score (nSPS) is 12.3. The van der Waals surface area contributed by atoms with Crippen molar-refractivity contribution in [3.05, 3.63) is 167 Å². The Morgan fingerprint density at radius 1 is 0.446 bits per heavy atom. The Bertz CT molecular complexity index is 2160. The zero-order valence-electron chi connectivity index (χ0n) is 35.6. The van der Waals surface area contributed by atoms with Crippen molar-refractivity contribution >= 4 is 64.9 Å². The molecule has 6 aromatic rings. The molecule has 0 aliphatic heterocycles. The van der Waals surface area contributed by atoms with Crippen LogP contribution in [-0.4, -0.2) is 8.80 Å². The van der Waals surface area contributed by atoms with Gasteiger partial charge in [-0.05, 0) is 105 Å². The van der Waals surface area contributed by atoms with Crippen molar-refractivity contribution in [3.63, 3.8) is 0 Å². The number of halogens is 1. The molecule has 6 rings (SSSR count). The maximum absolute atomic E-state index is 7.94. The van der Waals surface area contributed by atoms with E-state index in [0.717, 1.165) is 34.1 Å². The largest absolute Gasteiger partial charge is 0.309 e. The molecule has 1 radical (unpaired) electrons. The predicted molar refractivity (Wildman–Crippen MR) is 248 cm³/mol. The molecule has 0 heterocycles. The van der Waals surface area contributed by atoms with E-state index in [0.29, 0.717) is 10.9 Å². The van der Waals surface area contributed by atoms with Crippen molar-refractivity contribution in [1.29, 1.82) is 0 Å². The lowest BCUT2D eigenvalue weighted by Gasteiger charge is -2.33. The molecule has 0 aliphatic rings. The van der Waals surface area contributed by atoms with Gasteiger partial charge in [0.25, 0.3) is 0 Å². The van der Waals surface area contributed by atoms with Crippen LogP contribution in [0.25, 0.3) is 0 Å². The third kappa shape index (κ3) is 9.01. The number of rotatable bonds is 9. The van der Waals surface area contributed by atoms with Crippen molar-refractivity contribution in [2.75, 3.05) is 9.80 Å². The van der Waals surface area contributed by atoms with Crippen LogP contribution in [-0.2, 0) is 16.2 Å². The summed E-state index contributed by atoms with van der Waals surface area (Å²) in [6.45, 7) is 27.3. The van der Waals surface area contributed by atoms with Gasteiger partial charge in [-0.2, -0.15) is 0 Å². The SMILES string of the molecule is CC(C)c1ccc(N(c2ccc(C(C)(C)C)cc2)c2cc([Si](C)c3ccccc3)cc(N(c3ccc(C(C)(C)C)cc3)c3ccc(C(C)(C)C)cc3)c2Cl)cc1. The van der Waals surface area contributed by atoms with Crippen LogP contribution < -0.4 is 20.2 Å². The number of nitrogens with zero attached hydrogens (tertiary/aromatic N) is 2. The summed E-state index contributed by atoms with van der Waals surface area (Å²) in [6.07, 6.45) is 0. The Kier molecular flexibility index (Phi) is 11.8. The molecule has 0 atom stereocenters. The summed E-state index contributed by atoms with van der Waals surface area (Å²) in [7, 11) is -1.20. The van der Waals surface area contributed by atoms with Crippen molar-refractivity contribution < 1.29 is 0 Å². The lowest BCUT2D eigenvalue weighted by molar-refractivity contribution is 0.590. The summed E-state index contributed by atoms with van der Waals surface area (Å²) in [4.78, 5) is 4.71. The molecule has 0 N–H and O–H groups in total. The lowest BCUT2D eigenvalue weighted by Crippen LogP contribution is -2.39. The highest BCUT2D eigenvalue weighted by molar-refractivity contribution is 6.84. The second kappa shape index (κ2) is 16.1. The Morgan fingerprint density at radius 2 is 0.768 bits per heavy atom. The first-order chi connectivity index (χ1) is 26.3. The van der Waals surface area contributed by atoms with E-state index in [4.69, 9.17) is 11.6 Å². The Labute approximate surface area is 344 Å². The molecule has 56 heavy (non-hydrogen) atoms. The molecule has 2 nitrogen and oxygen atoms in total. The Morgan fingerprint density at radius 3 is 1.07 bits per heavy atom. The smallest absolute Gasteiger partial charge is 0.118 e. The van der Waals surface area contributed by atoms with E-state index in [1.165, 1.54) is 32.6 Å². The third-order valence-corrected chi connectivity index (χ3v) is 13.7. The van der Waals surface area contributed by atoms with Crippen LogP contribution in [0, 0.1) is 0 Å². The summed E-state index contributed by atoms with van der Waals surface area (Å²) in [5.41, 5.74) is 11.5. The minimum Gasteiger partial charge on any atom is -0.309 e. The van der Waals surface area contributed by atoms with Gasteiger partial charge in [0.05, 0.1) is 16.4 Å². The van der Waals surface area contributed by atoms with Crippen molar-refractivity contribution in [1.82, 2.24) is 0 Å². The number of hydrogen-bond donors (Lipinski definition) is 0. The van der Waals surface area contributed by atoms with Crippen LogP contribution in [0.3, 0.4) is 0 Å². The molecule has 4 heteroatoms. The van der Waals surface area contributed by atoms with Gasteiger partial charge in [0.15, 0.2) is 0 Å². The fourth-order valence-corrected chi connectivity index (χ4v) is 9.20. The Hall–Kier alpha value is -4.57. The number of anilines is 6. The van der Waals surface area contributed by atoms with Gasteiger partial charge >= 0.3 is 0 Å². The van der Waals surface area contributed by atoms with Gasteiger partial charge in [-0.25, -0.2) is 0 Å².